The van der Waals surface area contributed by atoms with Crippen molar-refractivity contribution in [2.75, 3.05) is 6.54 Å². The predicted molar refractivity (Wildman–Crippen MR) is 84.5 cm³/mol. The van der Waals surface area contributed by atoms with Crippen LogP contribution in [0.15, 0.2) is 22.8 Å². The molecule has 1 unspecified atom stereocenters. The number of carbonyl (C=O) groups excluding carboxylic acids is 1. The first-order chi connectivity index (χ1) is 11.6. The van der Waals surface area contributed by atoms with E-state index in [0.717, 1.165) is 38.0 Å². The molecule has 1 saturated carbocycles. The van der Waals surface area contributed by atoms with Crippen molar-refractivity contribution in [2.24, 2.45) is 5.92 Å². The van der Waals surface area contributed by atoms with Gasteiger partial charge in [0, 0.05) is 12.5 Å². The van der Waals surface area contributed by atoms with E-state index in [1.165, 1.54) is 0 Å². The van der Waals surface area contributed by atoms with E-state index in [9.17, 15) is 13.6 Å². The number of amides is 1. The predicted octanol–water partition coefficient (Wildman–Crippen LogP) is 4.52. The third-order valence-electron chi connectivity index (χ3n) is 5.23. The summed E-state index contributed by atoms with van der Waals surface area (Å²) in [5.41, 5.74) is 0. The minimum Gasteiger partial charge on any atom is -0.467 e. The average molecular weight is 341 g/mol. The number of ether oxygens (including phenoxy) is 1. The van der Waals surface area contributed by atoms with E-state index < -0.39 is 12.7 Å². The molecule has 0 spiro atoms. The van der Waals surface area contributed by atoms with Crippen molar-refractivity contribution in [1.29, 1.82) is 0 Å². The van der Waals surface area contributed by atoms with E-state index in [-0.39, 0.29) is 17.9 Å². The van der Waals surface area contributed by atoms with Gasteiger partial charge in [-0.25, -0.2) is 0 Å². The summed E-state index contributed by atoms with van der Waals surface area (Å²) in [5, 5.41) is 0. The number of furan rings is 1. The third-order valence-corrected chi connectivity index (χ3v) is 5.23. The number of hydrogen-bond acceptors (Lipinski definition) is 3. The summed E-state index contributed by atoms with van der Waals surface area (Å²) >= 11 is 0. The SMILES string of the molecule is O=C(C1CCC(OC(F)F)CC1)N1CCCCCC1c1ccco1. The van der Waals surface area contributed by atoms with Gasteiger partial charge in [0.15, 0.2) is 0 Å². The zero-order chi connectivity index (χ0) is 16.9. The highest BCUT2D eigenvalue weighted by molar-refractivity contribution is 5.79. The van der Waals surface area contributed by atoms with E-state index in [4.69, 9.17) is 4.42 Å². The van der Waals surface area contributed by atoms with Crippen LogP contribution in [0.5, 0.6) is 0 Å². The number of halogens is 2. The Kier molecular flexibility index (Phi) is 5.87. The van der Waals surface area contributed by atoms with Crippen LogP contribution >= 0.6 is 0 Å². The molecular formula is C18H25F2NO3. The maximum absolute atomic E-state index is 13.0. The van der Waals surface area contributed by atoms with E-state index in [2.05, 4.69) is 4.74 Å². The highest BCUT2D eigenvalue weighted by atomic mass is 19.3. The molecule has 0 N–H and O–H groups in total. The van der Waals surface area contributed by atoms with Crippen LogP contribution in [0.4, 0.5) is 8.78 Å². The largest absolute Gasteiger partial charge is 0.467 e. The van der Waals surface area contributed by atoms with Gasteiger partial charge in [-0.3, -0.25) is 4.79 Å². The Morgan fingerprint density at radius 1 is 1.17 bits per heavy atom. The molecule has 2 heterocycles. The molecule has 4 nitrogen and oxygen atoms in total. The van der Waals surface area contributed by atoms with Crippen LogP contribution in [-0.2, 0) is 9.53 Å². The Morgan fingerprint density at radius 3 is 2.62 bits per heavy atom. The molecule has 134 valence electrons. The van der Waals surface area contributed by atoms with Gasteiger partial charge in [-0.15, -0.1) is 0 Å². The zero-order valence-corrected chi connectivity index (χ0v) is 13.8. The summed E-state index contributed by atoms with van der Waals surface area (Å²) in [6.45, 7) is -1.98. The van der Waals surface area contributed by atoms with Crippen molar-refractivity contribution < 1.29 is 22.7 Å². The molecule has 3 rings (SSSR count). The van der Waals surface area contributed by atoms with Crippen LogP contribution in [0.2, 0.25) is 0 Å². The second kappa shape index (κ2) is 8.10. The zero-order valence-electron chi connectivity index (χ0n) is 13.8. The molecule has 6 heteroatoms. The lowest BCUT2D eigenvalue weighted by atomic mass is 9.86. The van der Waals surface area contributed by atoms with Crippen molar-refractivity contribution in [3.8, 4) is 0 Å². The van der Waals surface area contributed by atoms with Crippen molar-refractivity contribution >= 4 is 5.91 Å². The number of hydrogen-bond donors (Lipinski definition) is 0. The Balaban J connectivity index is 1.64. The fourth-order valence-electron chi connectivity index (χ4n) is 3.97. The quantitative estimate of drug-likeness (QED) is 0.808. The minimum absolute atomic E-state index is 0.00466. The van der Waals surface area contributed by atoms with Gasteiger partial charge in [0.25, 0.3) is 0 Å². The van der Waals surface area contributed by atoms with Crippen LogP contribution in [-0.4, -0.2) is 30.1 Å². The molecule has 1 aromatic rings. The molecule has 1 saturated heterocycles. The maximum Gasteiger partial charge on any atom is 0.345 e. The summed E-state index contributed by atoms with van der Waals surface area (Å²) in [7, 11) is 0. The van der Waals surface area contributed by atoms with Crippen LogP contribution in [0.3, 0.4) is 0 Å². The van der Waals surface area contributed by atoms with E-state index in [0.29, 0.717) is 25.7 Å². The smallest absolute Gasteiger partial charge is 0.345 e. The fourth-order valence-corrected chi connectivity index (χ4v) is 3.97. The van der Waals surface area contributed by atoms with Gasteiger partial charge in [-0.05, 0) is 50.7 Å². The topological polar surface area (TPSA) is 42.7 Å². The second-order valence-electron chi connectivity index (χ2n) is 6.78. The highest BCUT2D eigenvalue weighted by Gasteiger charge is 2.35. The first kappa shape index (κ1) is 17.4. The van der Waals surface area contributed by atoms with Crippen molar-refractivity contribution in [2.45, 2.75) is 70.1 Å². The maximum atomic E-state index is 13.0. The van der Waals surface area contributed by atoms with Crippen LogP contribution < -0.4 is 0 Å². The molecule has 1 amide bonds. The normalized spacial score (nSPS) is 28.8. The van der Waals surface area contributed by atoms with Crippen LogP contribution in [0.1, 0.15) is 63.2 Å². The van der Waals surface area contributed by atoms with E-state index >= 15 is 0 Å². The van der Waals surface area contributed by atoms with Crippen molar-refractivity contribution in [3.63, 3.8) is 0 Å². The molecule has 1 aliphatic carbocycles. The van der Waals surface area contributed by atoms with Crippen molar-refractivity contribution in [3.05, 3.63) is 24.2 Å². The Hall–Kier alpha value is -1.43. The molecule has 2 fully saturated rings. The molecule has 1 atom stereocenters. The molecule has 1 aliphatic heterocycles. The van der Waals surface area contributed by atoms with Gasteiger partial charge in [-0.2, -0.15) is 8.78 Å². The second-order valence-corrected chi connectivity index (χ2v) is 6.78. The van der Waals surface area contributed by atoms with Gasteiger partial charge in [0.2, 0.25) is 5.91 Å². The third kappa shape index (κ3) is 4.15. The minimum atomic E-state index is -2.73. The Morgan fingerprint density at radius 2 is 1.96 bits per heavy atom. The van der Waals surface area contributed by atoms with Gasteiger partial charge in [0.05, 0.1) is 18.4 Å². The summed E-state index contributed by atoms with van der Waals surface area (Å²) in [4.78, 5) is 15.0. The number of alkyl halides is 2. The monoisotopic (exact) mass is 341 g/mol. The van der Waals surface area contributed by atoms with Crippen molar-refractivity contribution in [1.82, 2.24) is 4.90 Å². The first-order valence-electron chi connectivity index (χ1n) is 8.92. The number of carbonyl (C=O) groups is 1. The molecule has 0 aromatic carbocycles. The summed E-state index contributed by atoms with van der Waals surface area (Å²) in [5.74, 6) is 0.909. The Bertz CT molecular complexity index is 512. The van der Waals surface area contributed by atoms with Gasteiger partial charge in [0.1, 0.15) is 5.76 Å². The lowest BCUT2D eigenvalue weighted by Crippen LogP contribution is -2.41. The number of rotatable bonds is 4. The first-order valence-corrected chi connectivity index (χ1v) is 8.92. The molecule has 2 aliphatic rings. The molecule has 0 bridgehead atoms. The number of nitrogens with zero attached hydrogens (tertiary/aromatic N) is 1. The molecule has 0 radical (unpaired) electrons. The van der Waals surface area contributed by atoms with Crippen LogP contribution in [0.25, 0.3) is 0 Å². The van der Waals surface area contributed by atoms with Gasteiger partial charge >= 0.3 is 6.61 Å². The summed E-state index contributed by atoms with van der Waals surface area (Å²) in [6.07, 6.45) is 7.67. The molecule has 1 aromatic heterocycles. The standard InChI is InChI=1S/C18H25F2NO3/c19-18(20)24-14-9-7-13(8-10-14)17(22)21-11-3-1-2-5-15(21)16-6-4-12-23-16/h4,6,12-15,18H,1-3,5,7-11H2. The average Bonchev–Trinajstić information content (AvgIpc) is 2.99. The molecule has 24 heavy (non-hydrogen) atoms. The van der Waals surface area contributed by atoms with E-state index in [1.807, 2.05) is 17.0 Å². The molecular weight excluding hydrogens is 316 g/mol. The summed E-state index contributed by atoms with van der Waals surface area (Å²) < 4.78 is 34.8. The van der Waals surface area contributed by atoms with Crippen LogP contribution in [0, 0.1) is 5.92 Å². The number of likely N-dealkylation sites (tertiary alicyclic amines) is 1. The fraction of sp³-hybridized carbons (Fsp3) is 0.722. The van der Waals surface area contributed by atoms with Gasteiger partial charge < -0.3 is 14.1 Å². The summed E-state index contributed by atoms with van der Waals surface area (Å²) in [6, 6.07) is 3.80. The van der Waals surface area contributed by atoms with E-state index in [1.54, 1.807) is 6.26 Å². The lowest BCUT2D eigenvalue weighted by Gasteiger charge is -2.35. The van der Waals surface area contributed by atoms with Gasteiger partial charge in [-0.1, -0.05) is 12.8 Å². The lowest BCUT2D eigenvalue weighted by molar-refractivity contribution is -0.173. The Labute approximate surface area is 141 Å². The highest BCUT2D eigenvalue weighted by Crippen LogP contribution is 2.35.